The Morgan fingerprint density at radius 1 is 0.971 bits per heavy atom. The van der Waals surface area contributed by atoms with Gasteiger partial charge in [0.05, 0.1) is 18.7 Å². The average Bonchev–Trinajstić information content (AvgIpc) is 3.09. The zero-order valence-corrected chi connectivity index (χ0v) is 19.5. The molecule has 5 nitrogen and oxygen atoms in total. The number of nitrogens with zero attached hydrogens (tertiary/aromatic N) is 1. The summed E-state index contributed by atoms with van der Waals surface area (Å²) in [5, 5.41) is 11.4. The summed E-state index contributed by atoms with van der Waals surface area (Å²) in [4.78, 5) is 27.8. The molecule has 0 aliphatic carbocycles. The summed E-state index contributed by atoms with van der Waals surface area (Å²) < 4.78 is 19.2. The lowest BCUT2D eigenvalue weighted by Crippen LogP contribution is -2.29. The van der Waals surface area contributed by atoms with Gasteiger partial charge in [0.25, 0.3) is 11.7 Å². The number of carbonyl (C=O) groups excluding carboxylic acids is 2. The number of halogens is 1. The predicted octanol–water partition coefficient (Wildman–Crippen LogP) is 5.76. The van der Waals surface area contributed by atoms with Crippen LogP contribution < -0.4 is 9.64 Å². The van der Waals surface area contributed by atoms with Gasteiger partial charge in [0.1, 0.15) is 17.3 Å². The van der Waals surface area contributed by atoms with Crippen molar-refractivity contribution in [3.63, 3.8) is 0 Å². The molecule has 0 saturated carbocycles. The first-order valence-electron chi connectivity index (χ1n) is 10.9. The first kappa shape index (κ1) is 23.2. The molecule has 3 aromatic rings. The fourth-order valence-corrected chi connectivity index (χ4v) is 4.24. The molecular weight excluding hydrogens is 433 g/mol. The molecule has 1 heterocycles. The molecule has 1 aliphatic heterocycles. The van der Waals surface area contributed by atoms with Crippen LogP contribution in [0.1, 0.15) is 43.5 Å². The molecule has 1 amide bonds. The van der Waals surface area contributed by atoms with Gasteiger partial charge < -0.3 is 9.84 Å². The van der Waals surface area contributed by atoms with Gasteiger partial charge >= 0.3 is 0 Å². The minimum absolute atomic E-state index is 0.0505. The Morgan fingerprint density at radius 2 is 1.62 bits per heavy atom. The Labute approximate surface area is 198 Å². The first-order chi connectivity index (χ1) is 16.1. The van der Waals surface area contributed by atoms with E-state index in [1.165, 1.54) is 29.2 Å². The highest BCUT2D eigenvalue weighted by Gasteiger charge is 2.47. The Balaban J connectivity index is 1.95. The highest BCUT2D eigenvalue weighted by atomic mass is 19.1. The quantitative estimate of drug-likeness (QED) is 0.306. The number of anilines is 1. The van der Waals surface area contributed by atoms with Gasteiger partial charge in [-0.25, -0.2) is 4.39 Å². The summed E-state index contributed by atoms with van der Waals surface area (Å²) in [6.07, 6.45) is 0. The molecule has 1 unspecified atom stereocenters. The van der Waals surface area contributed by atoms with Crippen LogP contribution in [0.5, 0.6) is 5.75 Å². The van der Waals surface area contributed by atoms with E-state index >= 15 is 0 Å². The summed E-state index contributed by atoms with van der Waals surface area (Å²) in [5.41, 5.74) is 1.90. The third kappa shape index (κ3) is 4.07. The van der Waals surface area contributed by atoms with Crippen molar-refractivity contribution in [2.24, 2.45) is 0 Å². The highest BCUT2D eigenvalue weighted by Crippen LogP contribution is 2.43. The standard InChI is InChI=1S/C28H26FNO4/c1-28(2,3)21-16-18(12-15-22(21)34-4)25(31)23-24(17-10-13-19(29)14-11-17)30(27(33)26(23)32)20-8-6-5-7-9-20/h5-16,24,31H,1-4H3/b25-23-. The zero-order chi connectivity index (χ0) is 24.6. The van der Waals surface area contributed by atoms with Crippen LogP contribution in [0.4, 0.5) is 10.1 Å². The van der Waals surface area contributed by atoms with E-state index in [1.807, 2.05) is 20.8 Å². The van der Waals surface area contributed by atoms with E-state index in [2.05, 4.69) is 0 Å². The fraction of sp³-hybridized carbons (Fsp3) is 0.214. The van der Waals surface area contributed by atoms with Gasteiger partial charge in [0.15, 0.2) is 0 Å². The second-order valence-electron chi connectivity index (χ2n) is 9.22. The van der Waals surface area contributed by atoms with Crippen LogP contribution in [-0.2, 0) is 15.0 Å². The number of hydrogen-bond acceptors (Lipinski definition) is 4. The number of aliphatic hydroxyl groups excluding tert-OH is 1. The molecule has 1 fully saturated rings. The van der Waals surface area contributed by atoms with Crippen LogP contribution in [0.15, 0.2) is 78.4 Å². The Kier molecular flexibility index (Phi) is 6.00. The number of rotatable bonds is 4. The molecule has 3 aromatic carbocycles. The Hall–Kier alpha value is -3.93. The van der Waals surface area contributed by atoms with Crippen molar-refractivity contribution < 1.29 is 23.8 Å². The number of carbonyl (C=O) groups is 2. The lowest BCUT2D eigenvalue weighted by Gasteiger charge is -2.26. The average molecular weight is 460 g/mol. The fourth-order valence-electron chi connectivity index (χ4n) is 4.24. The number of para-hydroxylation sites is 1. The maximum Gasteiger partial charge on any atom is 0.300 e. The largest absolute Gasteiger partial charge is 0.507 e. The molecule has 0 bridgehead atoms. The number of ketones is 1. The van der Waals surface area contributed by atoms with E-state index < -0.39 is 23.5 Å². The van der Waals surface area contributed by atoms with Gasteiger partial charge in [0, 0.05) is 16.8 Å². The number of aliphatic hydroxyl groups is 1. The van der Waals surface area contributed by atoms with Gasteiger partial charge in [-0.2, -0.15) is 0 Å². The molecule has 1 N–H and O–H groups in total. The lowest BCUT2D eigenvalue weighted by molar-refractivity contribution is -0.132. The summed E-state index contributed by atoms with van der Waals surface area (Å²) in [7, 11) is 1.57. The summed E-state index contributed by atoms with van der Waals surface area (Å²) in [5.74, 6) is -1.64. The van der Waals surface area contributed by atoms with Crippen LogP contribution in [0, 0.1) is 5.82 Å². The number of hydrogen-bond donors (Lipinski definition) is 1. The van der Waals surface area contributed by atoms with Crippen molar-refractivity contribution in [2.45, 2.75) is 32.2 Å². The SMILES string of the molecule is COc1ccc(/C(O)=C2/C(=O)C(=O)N(c3ccccc3)C2c2ccc(F)cc2)cc1C(C)(C)C. The third-order valence-electron chi connectivity index (χ3n) is 5.95. The molecule has 0 aromatic heterocycles. The highest BCUT2D eigenvalue weighted by molar-refractivity contribution is 6.51. The molecule has 1 aliphatic rings. The first-order valence-corrected chi connectivity index (χ1v) is 10.9. The number of methoxy groups -OCH3 is 1. The van der Waals surface area contributed by atoms with Crippen LogP contribution in [0.3, 0.4) is 0 Å². The smallest absolute Gasteiger partial charge is 0.300 e. The number of benzene rings is 3. The van der Waals surface area contributed by atoms with Crippen molar-refractivity contribution in [1.29, 1.82) is 0 Å². The van der Waals surface area contributed by atoms with Crippen molar-refractivity contribution in [3.05, 3.63) is 101 Å². The van der Waals surface area contributed by atoms with Gasteiger partial charge in [-0.05, 0) is 53.4 Å². The van der Waals surface area contributed by atoms with Crippen molar-refractivity contribution in [2.75, 3.05) is 12.0 Å². The Bertz CT molecular complexity index is 1270. The summed E-state index contributed by atoms with van der Waals surface area (Å²) in [6.45, 7) is 6.05. The second kappa shape index (κ2) is 8.78. The van der Waals surface area contributed by atoms with Crippen molar-refractivity contribution in [1.82, 2.24) is 0 Å². The molecular formula is C28H26FNO4. The maximum atomic E-state index is 13.7. The van der Waals surface area contributed by atoms with Crippen LogP contribution >= 0.6 is 0 Å². The van der Waals surface area contributed by atoms with Crippen LogP contribution in [0.2, 0.25) is 0 Å². The lowest BCUT2D eigenvalue weighted by atomic mass is 9.84. The van der Waals surface area contributed by atoms with E-state index in [-0.39, 0.29) is 16.7 Å². The monoisotopic (exact) mass is 459 g/mol. The normalized spacial score (nSPS) is 17.8. The Morgan fingerprint density at radius 3 is 2.21 bits per heavy atom. The number of amides is 1. The van der Waals surface area contributed by atoms with Gasteiger partial charge in [-0.15, -0.1) is 0 Å². The molecule has 0 spiro atoms. The number of Topliss-reactive ketones (excluding diaryl/α,β-unsaturated/α-hetero) is 1. The molecule has 6 heteroatoms. The number of ether oxygens (including phenoxy) is 1. The summed E-state index contributed by atoms with van der Waals surface area (Å²) in [6, 6.07) is 18.6. The van der Waals surface area contributed by atoms with Crippen molar-refractivity contribution >= 4 is 23.1 Å². The minimum atomic E-state index is -0.914. The maximum absolute atomic E-state index is 13.7. The van der Waals surface area contributed by atoms with E-state index in [1.54, 1.807) is 55.6 Å². The second-order valence-corrected chi connectivity index (χ2v) is 9.22. The molecule has 0 radical (unpaired) electrons. The van der Waals surface area contributed by atoms with E-state index in [9.17, 15) is 19.1 Å². The zero-order valence-electron chi connectivity index (χ0n) is 19.5. The van der Waals surface area contributed by atoms with Crippen LogP contribution in [-0.4, -0.2) is 23.9 Å². The van der Waals surface area contributed by atoms with E-state index in [0.717, 1.165) is 5.56 Å². The molecule has 1 atom stereocenters. The minimum Gasteiger partial charge on any atom is -0.507 e. The van der Waals surface area contributed by atoms with Gasteiger partial charge in [-0.1, -0.05) is 51.1 Å². The van der Waals surface area contributed by atoms with Crippen LogP contribution in [0.25, 0.3) is 5.76 Å². The van der Waals surface area contributed by atoms with Crippen molar-refractivity contribution in [3.8, 4) is 5.75 Å². The topological polar surface area (TPSA) is 66.8 Å². The van der Waals surface area contributed by atoms with Gasteiger partial charge in [0.2, 0.25) is 0 Å². The van der Waals surface area contributed by atoms with E-state index in [0.29, 0.717) is 22.6 Å². The molecule has 174 valence electrons. The van der Waals surface area contributed by atoms with Gasteiger partial charge in [-0.3, -0.25) is 14.5 Å². The molecule has 34 heavy (non-hydrogen) atoms. The summed E-state index contributed by atoms with van der Waals surface area (Å²) >= 11 is 0. The molecule has 1 saturated heterocycles. The molecule has 4 rings (SSSR count). The van der Waals surface area contributed by atoms with E-state index in [4.69, 9.17) is 4.74 Å². The predicted molar refractivity (Wildman–Crippen MR) is 129 cm³/mol. The third-order valence-corrected chi connectivity index (χ3v) is 5.95.